The van der Waals surface area contributed by atoms with Crippen LogP contribution in [0.15, 0.2) is 88.3 Å². The minimum Gasteiger partial charge on any atom is -0.263 e. The Morgan fingerprint density at radius 3 is 0.926 bits per heavy atom. The van der Waals surface area contributed by atoms with Gasteiger partial charge in [-0.3, -0.25) is 15.0 Å². The van der Waals surface area contributed by atoms with Crippen LogP contribution < -0.4 is 0 Å². The predicted octanol–water partition coefficient (Wildman–Crippen LogP) is 5.74. The zero-order chi connectivity index (χ0) is 18.8. The van der Waals surface area contributed by atoms with Crippen molar-refractivity contribution < 1.29 is 0 Å². The smallest absolute Gasteiger partial charge is 0.0401 e. The lowest BCUT2D eigenvalue weighted by atomic mass is 9.95. The first kappa shape index (κ1) is 18.1. The van der Waals surface area contributed by atoms with Gasteiger partial charge in [-0.15, -0.1) is 37.9 Å². The lowest BCUT2D eigenvalue weighted by molar-refractivity contribution is 1.24. The molecule has 3 heterocycles. The molecule has 0 aliphatic heterocycles. The normalized spacial score (nSPS) is 10.8. The summed E-state index contributed by atoms with van der Waals surface area (Å²) >= 11 is 13.3. The van der Waals surface area contributed by atoms with Crippen LogP contribution in [0.4, 0.5) is 0 Å². The molecular formula is C21H15N3S3. The SMILES string of the molecule is Sc1cncc(-c2cc(-c3cncc(S)c3)cc(-c3cncc(S)c3)c2)c1. The number of rotatable bonds is 3. The van der Waals surface area contributed by atoms with E-state index in [1.54, 1.807) is 18.6 Å². The molecule has 6 heteroatoms. The van der Waals surface area contributed by atoms with E-state index in [0.29, 0.717) is 0 Å². The Labute approximate surface area is 174 Å². The molecule has 3 nitrogen and oxygen atoms in total. The summed E-state index contributed by atoms with van der Waals surface area (Å²) in [6, 6.07) is 12.4. The number of hydrogen-bond donors (Lipinski definition) is 3. The lowest BCUT2D eigenvalue weighted by Gasteiger charge is -2.11. The average Bonchev–Trinajstić information content (AvgIpc) is 2.68. The second-order valence-electron chi connectivity index (χ2n) is 6.09. The Morgan fingerprint density at radius 1 is 0.370 bits per heavy atom. The van der Waals surface area contributed by atoms with Gasteiger partial charge in [0.1, 0.15) is 0 Å². The standard InChI is InChI=1S/C21H15N3S3/c25-19-4-16(7-22-10-19)13-1-14(17-5-20(26)11-23-8-17)3-15(2-13)18-6-21(27)12-24-9-18/h1-12,25-27H. The summed E-state index contributed by atoms with van der Waals surface area (Å²) < 4.78 is 0. The monoisotopic (exact) mass is 405 g/mol. The van der Waals surface area contributed by atoms with Crippen molar-refractivity contribution in [2.45, 2.75) is 14.7 Å². The Balaban J connectivity index is 1.94. The van der Waals surface area contributed by atoms with Crippen LogP contribution in [0.25, 0.3) is 33.4 Å². The molecule has 0 bridgehead atoms. The first-order chi connectivity index (χ1) is 13.1. The van der Waals surface area contributed by atoms with Gasteiger partial charge in [0.15, 0.2) is 0 Å². The molecule has 0 aliphatic rings. The van der Waals surface area contributed by atoms with Crippen LogP contribution in [-0.4, -0.2) is 15.0 Å². The highest BCUT2D eigenvalue weighted by Gasteiger charge is 2.09. The Morgan fingerprint density at radius 2 is 0.667 bits per heavy atom. The minimum atomic E-state index is 0.817. The van der Waals surface area contributed by atoms with Crippen LogP contribution in [0.5, 0.6) is 0 Å². The Hall–Kier alpha value is -2.28. The number of aromatic nitrogens is 3. The van der Waals surface area contributed by atoms with E-state index in [4.69, 9.17) is 0 Å². The van der Waals surface area contributed by atoms with E-state index in [2.05, 4.69) is 71.0 Å². The fourth-order valence-corrected chi connectivity index (χ4v) is 3.50. The van der Waals surface area contributed by atoms with Gasteiger partial charge in [-0.25, -0.2) is 0 Å². The summed E-state index contributed by atoms with van der Waals surface area (Å²) in [5, 5.41) is 0. The molecule has 132 valence electrons. The van der Waals surface area contributed by atoms with E-state index in [0.717, 1.165) is 48.1 Å². The number of thiol groups is 3. The van der Waals surface area contributed by atoms with Crippen LogP contribution in [0.1, 0.15) is 0 Å². The maximum absolute atomic E-state index is 4.42. The summed E-state index contributed by atoms with van der Waals surface area (Å²) in [7, 11) is 0. The van der Waals surface area contributed by atoms with E-state index in [1.807, 2.05) is 36.8 Å². The van der Waals surface area contributed by atoms with Gasteiger partial charge in [-0.2, -0.15) is 0 Å². The van der Waals surface area contributed by atoms with Crippen LogP contribution in [0.2, 0.25) is 0 Å². The van der Waals surface area contributed by atoms with Gasteiger partial charge in [0, 0.05) is 68.6 Å². The van der Waals surface area contributed by atoms with Crippen molar-refractivity contribution in [2.24, 2.45) is 0 Å². The van der Waals surface area contributed by atoms with Crippen molar-refractivity contribution in [3.05, 3.63) is 73.6 Å². The number of pyridine rings is 3. The number of benzene rings is 1. The quantitative estimate of drug-likeness (QED) is 0.381. The van der Waals surface area contributed by atoms with Gasteiger partial charge in [0.05, 0.1) is 0 Å². The summed E-state index contributed by atoms with van der Waals surface area (Å²) in [6.45, 7) is 0. The fourth-order valence-electron chi connectivity index (χ4n) is 2.88. The topological polar surface area (TPSA) is 38.7 Å². The number of nitrogens with zero attached hydrogens (tertiary/aromatic N) is 3. The highest BCUT2D eigenvalue weighted by atomic mass is 32.1. The molecule has 0 fully saturated rings. The van der Waals surface area contributed by atoms with Crippen LogP contribution >= 0.6 is 37.9 Å². The third kappa shape index (κ3) is 4.18. The molecule has 0 saturated carbocycles. The first-order valence-electron chi connectivity index (χ1n) is 8.17. The van der Waals surface area contributed by atoms with Crippen LogP contribution in [0.3, 0.4) is 0 Å². The molecule has 27 heavy (non-hydrogen) atoms. The molecule has 4 aromatic rings. The molecule has 0 aliphatic carbocycles. The van der Waals surface area contributed by atoms with E-state index in [9.17, 15) is 0 Å². The highest BCUT2D eigenvalue weighted by molar-refractivity contribution is 7.80. The van der Waals surface area contributed by atoms with Crippen LogP contribution in [-0.2, 0) is 0 Å². The molecule has 4 rings (SSSR count). The van der Waals surface area contributed by atoms with Crippen molar-refractivity contribution in [3.63, 3.8) is 0 Å². The van der Waals surface area contributed by atoms with Gasteiger partial charge in [0.25, 0.3) is 0 Å². The summed E-state index contributed by atoms with van der Waals surface area (Å²) in [6.07, 6.45) is 10.7. The Kier molecular flexibility index (Phi) is 5.20. The summed E-state index contributed by atoms with van der Waals surface area (Å²) in [4.78, 5) is 15.3. The molecule has 0 atom stereocenters. The predicted molar refractivity (Wildman–Crippen MR) is 118 cm³/mol. The van der Waals surface area contributed by atoms with Crippen molar-refractivity contribution in [1.82, 2.24) is 15.0 Å². The maximum Gasteiger partial charge on any atom is 0.0401 e. The maximum atomic E-state index is 4.42. The largest absolute Gasteiger partial charge is 0.263 e. The molecule has 0 saturated heterocycles. The van der Waals surface area contributed by atoms with Crippen molar-refractivity contribution in [3.8, 4) is 33.4 Å². The van der Waals surface area contributed by atoms with Gasteiger partial charge < -0.3 is 0 Å². The van der Waals surface area contributed by atoms with Gasteiger partial charge >= 0.3 is 0 Å². The second-order valence-corrected chi connectivity index (χ2v) is 7.64. The zero-order valence-corrected chi connectivity index (χ0v) is 16.8. The van der Waals surface area contributed by atoms with Crippen LogP contribution in [0, 0.1) is 0 Å². The number of hydrogen-bond acceptors (Lipinski definition) is 6. The van der Waals surface area contributed by atoms with E-state index in [-0.39, 0.29) is 0 Å². The van der Waals surface area contributed by atoms with Gasteiger partial charge in [-0.05, 0) is 53.1 Å². The van der Waals surface area contributed by atoms with Gasteiger partial charge in [0.2, 0.25) is 0 Å². The zero-order valence-electron chi connectivity index (χ0n) is 14.1. The van der Waals surface area contributed by atoms with Crippen molar-refractivity contribution in [1.29, 1.82) is 0 Å². The molecule has 0 unspecified atom stereocenters. The first-order valence-corrected chi connectivity index (χ1v) is 9.51. The average molecular weight is 406 g/mol. The molecule has 0 N–H and O–H groups in total. The molecule has 0 amide bonds. The van der Waals surface area contributed by atoms with Crippen molar-refractivity contribution >= 4 is 37.9 Å². The summed E-state index contributed by atoms with van der Waals surface area (Å²) in [5.74, 6) is 0. The third-order valence-electron chi connectivity index (χ3n) is 4.10. The second kappa shape index (κ2) is 7.76. The van der Waals surface area contributed by atoms with Crippen molar-refractivity contribution in [2.75, 3.05) is 0 Å². The fraction of sp³-hybridized carbons (Fsp3) is 0. The highest BCUT2D eigenvalue weighted by Crippen LogP contribution is 2.33. The van der Waals surface area contributed by atoms with E-state index in [1.165, 1.54) is 0 Å². The third-order valence-corrected chi connectivity index (χ3v) is 4.84. The minimum absolute atomic E-state index is 0.817. The molecule has 1 aromatic carbocycles. The molecule has 0 radical (unpaired) electrons. The van der Waals surface area contributed by atoms with E-state index >= 15 is 0 Å². The molecular weight excluding hydrogens is 390 g/mol. The van der Waals surface area contributed by atoms with E-state index < -0.39 is 0 Å². The lowest BCUT2D eigenvalue weighted by Crippen LogP contribution is -1.88. The molecule has 0 spiro atoms. The Bertz CT molecular complexity index is 975. The molecule has 3 aromatic heterocycles. The van der Waals surface area contributed by atoms with Gasteiger partial charge in [-0.1, -0.05) is 0 Å². The summed E-state index contributed by atoms with van der Waals surface area (Å²) in [5.41, 5.74) is 6.11.